The van der Waals surface area contributed by atoms with Gasteiger partial charge < -0.3 is 9.47 Å². The van der Waals surface area contributed by atoms with Gasteiger partial charge in [-0.25, -0.2) is 0 Å². The second-order valence-corrected chi connectivity index (χ2v) is 4.45. The zero-order valence-corrected chi connectivity index (χ0v) is 12.0. The molecule has 0 amide bonds. The first-order valence-electron chi connectivity index (χ1n) is 5.81. The Kier molecular flexibility index (Phi) is 6.78. The van der Waals surface area contributed by atoms with Crippen molar-refractivity contribution in [3.8, 4) is 11.5 Å². The molecule has 1 aromatic rings. The van der Waals surface area contributed by atoms with Crippen LogP contribution >= 0.6 is 15.9 Å². The maximum absolute atomic E-state index is 5.69. The largest absolute Gasteiger partial charge is 0.493 e. The molecule has 0 bridgehead atoms. The summed E-state index contributed by atoms with van der Waals surface area (Å²) in [5.74, 6) is 1.61. The van der Waals surface area contributed by atoms with Crippen LogP contribution < -0.4 is 9.47 Å². The van der Waals surface area contributed by atoms with Crippen molar-refractivity contribution in [1.29, 1.82) is 0 Å². The molecule has 0 N–H and O–H groups in total. The number of alkyl halides is 1. The van der Waals surface area contributed by atoms with Crippen molar-refractivity contribution in [1.82, 2.24) is 0 Å². The monoisotopic (exact) mass is 298 g/mol. The van der Waals surface area contributed by atoms with Crippen LogP contribution in [-0.2, 0) is 0 Å². The number of ether oxygens (including phenoxy) is 2. The number of hydrogen-bond acceptors (Lipinski definition) is 2. The highest BCUT2D eigenvalue weighted by molar-refractivity contribution is 9.09. The number of methoxy groups -OCH3 is 1. The van der Waals surface area contributed by atoms with Crippen LogP contribution in [0.4, 0.5) is 0 Å². The lowest BCUT2D eigenvalue weighted by molar-refractivity contribution is 0.288. The van der Waals surface area contributed by atoms with Crippen molar-refractivity contribution in [3.05, 3.63) is 29.8 Å². The summed E-state index contributed by atoms with van der Waals surface area (Å²) in [5.41, 5.74) is 1.12. The molecule has 0 aliphatic rings. The molecule has 1 aromatic carbocycles. The van der Waals surface area contributed by atoms with Gasteiger partial charge in [0.25, 0.3) is 0 Å². The summed E-state index contributed by atoms with van der Waals surface area (Å²) in [6, 6.07) is 5.98. The van der Waals surface area contributed by atoms with E-state index in [1.165, 1.54) is 0 Å². The van der Waals surface area contributed by atoms with Gasteiger partial charge in [0.2, 0.25) is 0 Å². The Morgan fingerprint density at radius 2 is 2.06 bits per heavy atom. The average molecular weight is 299 g/mol. The smallest absolute Gasteiger partial charge is 0.161 e. The summed E-state index contributed by atoms with van der Waals surface area (Å²) in [4.78, 5) is 0. The van der Waals surface area contributed by atoms with E-state index < -0.39 is 0 Å². The maximum Gasteiger partial charge on any atom is 0.161 e. The molecule has 2 nitrogen and oxygen atoms in total. The summed E-state index contributed by atoms with van der Waals surface area (Å²) in [5, 5.41) is 1.02. The molecule has 0 saturated carbocycles. The van der Waals surface area contributed by atoms with E-state index in [-0.39, 0.29) is 0 Å². The molecule has 0 radical (unpaired) electrons. The van der Waals surface area contributed by atoms with Gasteiger partial charge in [0.05, 0.1) is 13.7 Å². The number of hydrogen-bond donors (Lipinski definition) is 0. The summed E-state index contributed by atoms with van der Waals surface area (Å²) < 4.78 is 11.0. The topological polar surface area (TPSA) is 18.5 Å². The van der Waals surface area contributed by atoms with Gasteiger partial charge in [0, 0.05) is 5.33 Å². The Hall–Kier alpha value is -0.960. The minimum absolute atomic E-state index is 0.727. The first-order valence-corrected chi connectivity index (χ1v) is 6.93. The van der Waals surface area contributed by atoms with Crippen LogP contribution in [0.25, 0.3) is 6.08 Å². The molecular weight excluding hydrogens is 280 g/mol. The van der Waals surface area contributed by atoms with Gasteiger partial charge >= 0.3 is 0 Å². The van der Waals surface area contributed by atoms with Gasteiger partial charge in [0.15, 0.2) is 11.5 Å². The fraction of sp³-hybridized carbons (Fsp3) is 0.429. The molecule has 0 atom stereocenters. The summed E-state index contributed by atoms with van der Waals surface area (Å²) in [6.07, 6.45) is 6.21. The van der Waals surface area contributed by atoms with Crippen LogP contribution in [0.3, 0.4) is 0 Å². The molecule has 3 heteroatoms. The summed E-state index contributed by atoms with van der Waals surface area (Å²) in [6.45, 7) is 2.72. The number of halogens is 1. The molecule has 0 fully saturated rings. The molecule has 0 aliphatic heterocycles. The minimum Gasteiger partial charge on any atom is -0.493 e. The lowest BCUT2D eigenvalue weighted by Crippen LogP contribution is -1.99. The van der Waals surface area contributed by atoms with Crippen LogP contribution in [-0.4, -0.2) is 19.0 Å². The molecule has 94 valence electrons. The highest BCUT2D eigenvalue weighted by Crippen LogP contribution is 2.28. The molecular formula is C14H19BrO2. The van der Waals surface area contributed by atoms with Gasteiger partial charge in [-0.15, -0.1) is 0 Å². The third-order valence-corrected chi connectivity index (χ3v) is 2.89. The molecule has 1 rings (SSSR count). The van der Waals surface area contributed by atoms with Crippen molar-refractivity contribution in [2.45, 2.75) is 19.8 Å². The van der Waals surface area contributed by atoms with E-state index in [4.69, 9.17) is 9.47 Å². The summed E-state index contributed by atoms with van der Waals surface area (Å²) in [7, 11) is 1.67. The Morgan fingerprint density at radius 1 is 1.24 bits per heavy atom. The van der Waals surface area contributed by atoms with Crippen LogP contribution in [0, 0.1) is 0 Å². The van der Waals surface area contributed by atoms with Crippen LogP contribution in [0.1, 0.15) is 25.3 Å². The lowest BCUT2D eigenvalue weighted by Gasteiger charge is -2.11. The highest BCUT2D eigenvalue weighted by Gasteiger charge is 2.04. The Labute approximate surface area is 112 Å². The van der Waals surface area contributed by atoms with E-state index in [9.17, 15) is 0 Å². The molecule has 0 unspecified atom stereocenters. The van der Waals surface area contributed by atoms with Crippen LogP contribution in [0.5, 0.6) is 11.5 Å². The van der Waals surface area contributed by atoms with E-state index in [2.05, 4.69) is 15.9 Å². The Bertz CT molecular complexity index is 361. The second kappa shape index (κ2) is 8.18. The second-order valence-electron chi connectivity index (χ2n) is 3.65. The van der Waals surface area contributed by atoms with E-state index in [1.807, 2.05) is 37.3 Å². The zero-order valence-electron chi connectivity index (χ0n) is 10.4. The molecule has 0 aromatic heterocycles. The molecule has 17 heavy (non-hydrogen) atoms. The number of unbranched alkanes of at least 4 members (excludes halogenated alkanes) is 1. The number of benzene rings is 1. The first kappa shape index (κ1) is 14.1. The Balaban J connectivity index is 2.64. The molecule has 0 aliphatic carbocycles. The van der Waals surface area contributed by atoms with Crippen molar-refractivity contribution in [3.63, 3.8) is 0 Å². The predicted octanol–water partition coefficient (Wildman–Crippen LogP) is 4.28. The molecule has 0 heterocycles. The van der Waals surface area contributed by atoms with E-state index in [0.29, 0.717) is 0 Å². The fourth-order valence-corrected chi connectivity index (χ4v) is 1.87. The number of rotatable bonds is 7. The van der Waals surface area contributed by atoms with Gasteiger partial charge in [-0.2, -0.15) is 0 Å². The molecule has 0 spiro atoms. The van der Waals surface area contributed by atoms with Crippen molar-refractivity contribution in [2.75, 3.05) is 19.0 Å². The van der Waals surface area contributed by atoms with Crippen LogP contribution in [0.15, 0.2) is 24.3 Å². The van der Waals surface area contributed by atoms with Crippen molar-refractivity contribution in [2.24, 2.45) is 0 Å². The van der Waals surface area contributed by atoms with Gasteiger partial charge in [-0.3, -0.25) is 0 Å². The van der Waals surface area contributed by atoms with Crippen molar-refractivity contribution < 1.29 is 9.47 Å². The SMILES string of the molecule is CC=Cc1ccc(OCCCCBr)c(OC)c1. The van der Waals surface area contributed by atoms with Gasteiger partial charge in [-0.1, -0.05) is 34.1 Å². The van der Waals surface area contributed by atoms with E-state index in [1.54, 1.807) is 7.11 Å². The molecule has 0 saturated heterocycles. The standard InChI is InChI=1S/C14H19BrO2/c1-3-6-12-7-8-13(14(11-12)16-2)17-10-5-4-9-15/h3,6-8,11H,4-5,9-10H2,1-2H3. The quantitative estimate of drug-likeness (QED) is 0.552. The zero-order chi connectivity index (χ0) is 12.5. The maximum atomic E-state index is 5.69. The highest BCUT2D eigenvalue weighted by atomic mass is 79.9. The first-order chi connectivity index (χ1) is 8.31. The van der Waals surface area contributed by atoms with E-state index >= 15 is 0 Å². The average Bonchev–Trinajstić information content (AvgIpc) is 2.36. The third-order valence-electron chi connectivity index (χ3n) is 2.33. The van der Waals surface area contributed by atoms with Crippen molar-refractivity contribution >= 4 is 22.0 Å². The minimum atomic E-state index is 0.727. The van der Waals surface area contributed by atoms with E-state index in [0.717, 1.165) is 41.8 Å². The summed E-state index contributed by atoms with van der Waals surface area (Å²) >= 11 is 3.40. The fourth-order valence-electron chi connectivity index (χ4n) is 1.48. The number of allylic oxidation sites excluding steroid dienone is 1. The normalized spacial score (nSPS) is 10.8. The van der Waals surface area contributed by atoms with Crippen LogP contribution in [0.2, 0.25) is 0 Å². The lowest BCUT2D eigenvalue weighted by atomic mass is 10.2. The Morgan fingerprint density at radius 3 is 2.71 bits per heavy atom. The van der Waals surface area contributed by atoms with Gasteiger partial charge in [-0.05, 0) is 37.5 Å². The third kappa shape index (κ3) is 4.82. The van der Waals surface area contributed by atoms with Gasteiger partial charge in [0.1, 0.15) is 0 Å². The predicted molar refractivity (Wildman–Crippen MR) is 76.2 cm³/mol.